The molecule has 17 heavy (non-hydrogen) atoms. The smallest absolute Gasteiger partial charge is 0.107 e. The molecular weight excluding hydrogens is 230 g/mol. The Labute approximate surface area is 107 Å². The molecule has 1 aromatic heterocycles. The minimum Gasteiger partial charge on any atom is -0.311 e. The number of aryl methyl sites for hydroxylation is 1. The molecule has 1 aromatic rings. The van der Waals surface area contributed by atoms with Gasteiger partial charge in [-0.05, 0) is 38.1 Å². The lowest BCUT2D eigenvalue weighted by Crippen LogP contribution is -2.31. The van der Waals surface area contributed by atoms with E-state index in [4.69, 9.17) is 0 Å². The second kappa shape index (κ2) is 5.04. The van der Waals surface area contributed by atoms with Gasteiger partial charge in [-0.2, -0.15) is 0 Å². The number of aromatic nitrogens is 1. The second-order valence-corrected chi connectivity index (χ2v) is 6.45. The summed E-state index contributed by atoms with van der Waals surface area (Å²) in [5, 5.41) is 8.49. The van der Waals surface area contributed by atoms with Gasteiger partial charge >= 0.3 is 0 Å². The van der Waals surface area contributed by atoms with Crippen molar-refractivity contribution in [3.63, 3.8) is 0 Å². The topological polar surface area (TPSA) is 37.0 Å². The molecule has 2 fully saturated rings. The zero-order chi connectivity index (χ0) is 11.7. The summed E-state index contributed by atoms with van der Waals surface area (Å²) in [6.45, 7) is 4.28. The fourth-order valence-electron chi connectivity index (χ4n) is 3.12. The van der Waals surface area contributed by atoms with Crippen molar-refractivity contribution in [3.8, 4) is 0 Å². The third-order valence-corrected chi connectivity index (χ3v) is 5.21. The number of hydrogen-bond donors (Lipinski definition) is 2. The normalized spacial score (nSPS) is 31.2. The van der Waals surface area contributed by atoms with Crippen molar-refractivity contribution >= 4 is 11.3 Å². The van der Waals surface area contributed by atoms with Crippen LogP contribution in [0.15, 0.2) is 6.20 Å². The molecule has 2 aliphatic rings. The summed E-state index contributed by atoms with van der Waals surface area (Å²) in [5.74, 6) is 0.847. The van der Waals surface area contributed by atoms with Gasteiger partial charge in [-0.3, -0.25) is 0 Å². The highest BCUT2D eigenvalue weighted by Gasteiger charge is 2.38. The lowest BCUT2D eigenvalue weighted by atomic mass is 9.89. The van der Waals surface area contributed by atoms with Crippen LogP contribution in [0.3, 0.4) is 0 Å². The molecule has 2 bridgehead atoms. The minimum atomic E-state index is 0.787. The van der Waals surface area contributed by atoms with Crippen molar-refractivity contribution in [2.45, 2.75) is 51.2 Å². The lowest BCUT2D eigenvalue weighted by Gasteiger charge is -2.20. The summed E-state index contributed by atoms with van der Waals surface area (Å²) in [4.78, 5) is 5.83. The Hall–Kier alpha value is -0.450. The molecule has 0 radical (unpaired) electrons. The molecule has 0 aromatic carbocycles. The molecule has 0 amide bonds. The summed E-state index contributed by atoms with van der Waals surface area (Å²) in [5.41, 5.74) is 0. The summed E-state index contributed by atoms with van der Waals surface area (Å²) in [6.07, 6.45) is 7.27. The number of fused-ring (bicyclic) bond motifs is 2. The number of rotatable bonds is 5. The quantitative estimate of drug-likeness (QED) is 0.840. The molecule has 3 atom stereocenters. The molecule has 2 aliphatic heterocycles. The maximum Gasteiger partial charge on any atom is 0.107 e. The standard InChI is InChI=1S/C13H21N3S/c1-2-11-7-15-13(17-11)8-14-6-9-5-10-3-4-12(9)16-10/h7,9-10,12,14,16H,2-6,8H2,1H3. The Kier molecular flexibility index (Phi) is 3.45. The van der Waals surface area contributed by atoms with Gasteiger partial charge in [0.2, 0.25) is 0 Å². The van der Waals surface area contributed by atoms with Gasteiger partial charge in [0, 0.05) is 29.7 Å². The Morgan fingerprint density at radius 3 is 3.12 bits per heavy atom. The first kappa shape index (κ1) is 11.6. The summed E-state index contributed by atoms with van der Waals surface area (Å²) in [6, 6.07) is 1.60. The van der Waals surface area contributed by atoms with Crippen LogP contribution in [-0.2, 0) is 13.0 Å². The molecule has 4 heteroatoms. The Morgan fingerprint density at radius 1 is 1.53 bits per heavy atom. The van der Waals surface area contributed by atoms with E-state index in [9.17, 15) is 0 Å². The van der Waals surface area contributed by atoms with E-state index < -0.39 is 0 Å². The van der Waals surface area contributed by atoms with Crippen molar-refractivity contribution in [1.82, 2.24) is 15.6 Å². The SMILES string of the molecule is CCc1cnc(CNCC2CC3CCC2N3)s1. The summed E-state index contributed by atoms with van der Waals surface area (Å²) < 4.78 is 0. The molecule has 0 spiro atoms. The molecular formula is C13H21N3S. The monoisotopic (exact) mass is 251 g/mol. The van der Waals surface area contributed by atoms with E-state index in [0.717, 1.165) is 37.5 Å². The molecule has 3 nitrogen and oxygen atoms in total. The first-order chi connectivity index (χ1) is 8.35. The highest BCUT2D eigenvalue weighted by Crippen LogP contribution is 2.32. The van der Waals surface area contributed by atoms with Crippen molar-refractivity contribution in [1.29, 1.82) is 0 Å². The number of nitrogens with zero attached hydrogens (tertiary/aromatic N) is 1. The van der Waals surface area contributed by atoms with Gasteiger partial charge in [-0.15, -0.1) is 11.3 Å². The average molecular weight is 251 g/mol. The molecule has 3 rings (SSSR count). The van der Waals surface area contributed by atoms with Gasteiger partial charge in [0.15, 0.2) is 0 Å². The summed E-state index contributed by atoms with van der Waals surface area (Å²) in [7, 11) is 0. The third-order valence-electron chi connectivity index (χ3n) is 4.06. The summed E-state index contributed by atoms with van der Waals surface area (Å²) >= 11 is 1.84. The third kappa shape index (κ3) is 2.54. The van der Waals surface area contributed by atoms with Crippen molar-refractivity contribution in [2.24, 2.45) is 5.92 Å². The Bertz CT molecular complexity index is 376. The van der Waals surface area contributed by atoms with Crippen molar-refractivity contribution < 1.29 is 0 Å². The Morgan fingerprint density at radius 2 is 2.47 bits per heavy atom. The van der Waals surface area contributed by atoms with Crippen LogP contribution in [0.5, 0.6) is 0 Å². The molecule has 94 valence electrons. The fraction of sp³-hybridized carbons (Fsp3) is 0.769. The minimum absolute atomic E-state index is 0.787. The zero-order valence-electron chi connectivity index (χ0n) is 10.4. The van der Waals surface area contributed by atoms with E-state index in [2.05, 4.69) is 22.5 Å². The van der Waals surface area contributed by atoms with E-state index in [1.807, 2.05) is 17.5 Å². The number of nitrogens with one attached hydrogen (secondary N) is 2. The molecule has 0 aliphatic carbocycles. The van der Waals surface area contributed by atoms with E-state index in [0.29, 0.717) is 0 Å². The highest BCUT2D eigenvalue weighted by atomic mass is 32.1. The van der Waals surface area contributed by atoms with Crippen LogP contribution in [0.4, 0.5) is 0 Å². The first-order valence-electron chi connectivity index (χ1n) is 6.75. The Balaban J connectivity index is 1.43. The van der Waals surface area contributed by atoms with Crippen LogP contribution in [0, 0.1) is 5.92 Å². The molecule has 0 saturated carbocycles. The number of thiazole rings is 1. The van der Waals surface area contributed by atoms with Gasteiger partial charge < -0.3 is 10.6 Å². The second-order valence-electron chi connectivity index (χ2n) is 5.25. The van der Waals surface area contributed by atoms with Crippen LogP contribution >= 0.6 is 11.3 Å². The predicted octanol–water partition coefficient (Wildman–Crippen LogP) is 1.94. The average Bonchev–Trinajstić information content (AvgIpc) is 3.04. The molecule has 2 saturated heterocycles. The fourth-order valence-corrected chi connectivity index (χ4v) is 3.95. The van der Waals surface area contributed by atoms with E-state index in [-0.39, 0.29) is 0 Å². The van der Waals surface area contributed by atoms with E-state index in [1.54, 1.807) is 0 Å². The van der Waals surface area contributed by atoms with Crippen LogP contribution in [0.2, 0.25) is 0 Å². The van der Waals surface area contributed by atoms with Crippen molar-refractivity contribution in [2.75, 3.05) is 6.54 Å². The van der Waals surface area contributed by atoms with Crippen LogP contribution in [-0.4, -0.2) is 23.6 Å². The van der Waals surface area contributed by atoms with Gasteiger partial charge in [-0.1, -0.05) is 6.92 Å². The van der Waals surface area contributed by atoms with Gasteiger partial charge in [0.05, 0.1) is 0 Å². The van der Waals surface area contributed by atoms with Gasteiger partial charge in [0.25, 0.3) is 0 Å². The zero-order valence-corrected chi connectivity index (χ0v) is 11.2. The lowest BCUT2D eigenvalue weighted by molar-refractivity contribution is 0.383. The molecule has 2 N–H and O–H groups in total. The van der Waals surface area contributed by atoms with Crippen molar-refractivity contribution in [3.05, 3.63) is 16.1 Å². The maximum atomic E-state index is 4.44. The highest BCUT2D eigenvalue weighted by molar-refractivity contribution is 7.11. The van der Waals surface area contributed by atoms with E-state index in [1.165, 1.54) is 29.1 Å². The van der Waals surface area contributed by atoms with Crippen LogP contribution in [0.1, 0.15) is 36.1 Å². The first-order valence-corrected chi connectivity index (χ1v) is 7.57. The van der Waals surface area contributed by atoms with Gasteiger partial charge in [0.1, 0.15) is 5.01 Å². The van der Waals surface area contributed by atoms with Crippen LogP contribution < -0.4 is 10.6 Å². The number of hydrogen-bond acceptors (Lipinski definition) is 4. The molecule has 3 unspecified atom stereocenters. The largest absolute Gasteiger partial charge is 0.311 e. The van der Waals surface area contributed by atoms with Crippen LogP contribution in [0.25, 0.3) is 0 Å². The predicted molar refractivity (Wildman–Crippen MR) is 71.3 cm³/mol. The van der Waals surface area contributed by atoms with E-state index >= 15 is 0 Å². The van der Waals surface area contributed by atoms with Gasteiger partial charge in [-0.25, -0.2) is 4.98 Å². The maximum absolute atomic E-state index is 4.44. The molecule has 3 heterocycles.